The van der Waals surface area contributed by atoms with E-state index in [4.69, 9.17) is 4.74 Å². The number of nitrogens with zero attached hydrogens (tertiary/aromatic N) is 2. The van der Waals surface area contributed by atoms with Crippen molar-refractivity contribution in [1.29, 1.82) is 5.26 Å². The van der Waals surface area contributed by atoms with E-state index in [-0.39, 0.29) is 0 Å². The number of nitriles is 1. The van der Waals surface area contributed by atoms with Crippen molar-refractivity contribution < 1.29 is 4.74 Å². The molecule has 0 aliphatic rings. The van der Waals surface area contributed by atoms with Crippen LogP contribution < -0.4 is 8.32 Å². The third-order valence-electron chi connectivity index (χ3n) is 4.77. The van der Waals surface area contributed by atoms with Crippen LogP contribution in [0.15, 0.2) is 12.3 Å². The fraction of sp³-hybridized carbons (Fsp3) is 0.684. The van der Waals surface area contributed by atoms with Crippen LogP contribution in [0.25, 0.3) is 0 Å². The van der Waals surface area contributed by atoms with Crippen LogP contribution in [0.2, 0.25) is 13.3 Å². The Kier molecular flexibility index (Phi) is 9.62. The Balaban J connectivity index is 3.35. The zero-order chi connectivity index (χ0) is 17.1. The van der Waals surface area contributed by atoms with E-state index in [1.807, 2.05) is 0 Å². The Bertz CT molecular complexity index is 489. The van der Waals surface area contributed by atoms with Crippen molar-refractivity contribution >= 4 is 22.0 Å². The Labute approximate surface area is 146 Å². The van der Waals surface area contributed by atoms with Gasteiger partial charge in [-0.25, -0.2) is 0 Å². The van der Waals surface area contributed by atoms with E-state index in [2.05, 4.69) is 37.9 Å². The Morgan fingerprint density at radius 3 is 1.96 bits per heavy atom. The first-order chi connectivity index (χ1) is 11.2. The number of methoxy groups -OCH3 is 1. The summed E-state index contributed by atoms with van der Waals surface area (Å²) in [7, 11) is 1.72. The first kappa shape index (κ1) is 20.3. The molecule has 0 fully saturated rings. The van der Waals surface area contributed by atoms with Gasteiger partial charge in [-0.15, -0.1) is 0 Å². The number of aromatic nitrogens is 1. The maximum absolute atomic E-state index is 9.31. The zero-order valence-corrected chi connectivity index (χ0v) is 18.2. The number of pyridine rings is 1. The molecule has 23 heavy (non-hydrogen) atoms. The summed E-state index contributed by atoms with van der Waals surface area (Å²) in [5, 5.41) is 9.31. The van der Waals surface area contributed by atoms with E-state index in [0.29, 0.717) is 5.56 Å². The molecular weight excluding hydrogens is 391 g/mol. The maximum atomic E-state index is 9.31. The molecule has 1 aromatic rings. The van der Waals surface area contributed by atoms with Crippen LogP contribution in [0.1, 0.15) is 64.9 Å². The molecule has 0 unspecified atom stereocenters. The molecule has 0 radical (unpaired) electrons. The average molecular weight is 423 g/mol. The van der Waals surface area contributed by atoms with Gasteiger partial charge in [0.15, 0.2) is 0 Å². The van der Waals surface area contributed by atoms with Gasteiger partial charge in [-0.1, -0.05) is 0 Å². The number of hydrogen-bond acceptors (Lipinski definition) is 3. The number of ether oxygens (including phenoxy) is 1. The molecule has 0 aliphatic heterocycles. The summed E-state index contributed by atoms with van der Waals surface area (Å²) in [5.41, 5.74) is 0.686. The van der Waals surface area contributed by atoms with Gasteiger partial charge < -0.3 is 0 Å². The van der Waals surface area contributed by atoms with Crippen LogP contribution in [0.4, 0.5) is 0 Å². The molecule has 128 valence electrons. The number of unbranched alkanes of at least 4 members (excludes halogenated alkanes) is 3. The van der Waals surface area contributed by atoms with Crippen molar-refractivity contribution in [2.45, 2.75) is 72.6 Å². The van der Waals surface area contributed by atoms with E-state index >= 15 is 0 Å². The summed E-state index contributed by atoms with van der Waals surface area (Å²) >= 11 is -2.60. The Morgan fingerprint density at radius 1 is 1.04 bits per heavy atom. The van der Waals surface area contributed by atoms with Gasteiger partial charge in [-0.3, -0.25) is 0 Å². The first-order valence-corrected chi connectivity index (χ1v) is 16.6. The van der Waals surface area contributed by atoms with Crippen LogP contribution in [-0.4, -0.2) is 30.5 Å². The van der Waals surface area contributed by atoms with Crippen LogP contribution in [0.5, 0.6) is 5.88 Å². The fourth-order valence-electron chi connectivity index (χ4n) is 3.38. The van der Waals surface area contributed by atoms with Gasteiger partial charge in [-0.2, -0.15) is 0 Å². The van der Waals surface area contributed by atoms with Crippen LogP contribution in [0, 0.1) is 11.3 Å². The van der Waals surface area contributed by atoms with E-state index in [1.54, 1.807) is 13.3 Å². The summed E-state index contributed by atoms with van der Waals surface area (Å²) in [6.45, 7) is 6.83. The van der Waals surface area contributed by atoms with Crippen molar-refractivity contribution in [3.05, 3.63) is 17.8 Å². The van der Waals surface area contributed by atoms with Gasteiger partial charge in [0.2, 0.25) is 0 Å². The molecule has 0 saturated carbocycles. The molecule has 0 saturated heterocycles. The van der Waals surface area contributed by atoms with Gasteiger partial charge >= 0.3 is 146 Å². The van der Waals surface area contributed by atoms with Gasteiger partial charge in [0.25, 0.3) is 0 Å². The van der Waals surface area contributed by atoms with E-state index in [1.165, 1.54) is 55.4 Å². The second kappa shape index (κ2) is 10.9. The topological polar surface area (TPSA) is 45.9 Å². The van der Waals surface area contributed by atoms with Crippen LogP contribution >= 0.6 is 0 Å². The SMILES string of the molecule is CCC[CH2][Sn]([CH2]CCC)([CH2]CCC)[c]1cc(C#N)cnc1OC. The standard InChI is InChI=1S/C7H5N2O.3C4H9.Sn/c1-10-7-3-2-6(4-8)5-9-7;3*1-3-4-2;/h2,5H,1H3;3*1,3-4H2,2H3;. The summed E-state index contributed by atoms with van der Waals surface area (Å²) in [6.07, 6.45) is 9.26. The summed E-state index contributed by atoms with van der Waals surface area (Å²) in [6, 6.07) is 4.39. The molecule has 0 atom stereocenters. The van der Waals surface area contributed by atoms with Crippen LogP contribution in [0.3, 0.4) is 0 Å². The third-order valence-corrected chi connectivity index (χ3v) is 20.3. The molecule has 1 aromatic heterocycles. The summed E-state index contributed by atoms with van der Waals surface area (Å²) < 4.78 is 11.1. The normalized spacial score (nSPS) is 11.3. The second-order valence-corrected chi connectivity index (χ2v) is 19.6. The molecule has 3 nitrogen and oxygen atoms in total. The fourth-order valence-corrected chi connectivity index (χ4v) is 19.7. The summed E-state index contributed by atoms with van der Waals surface area (Å²) in [4.78, 5) is 4.47. The van der Waals surface area contributed by atoms with Gasteiger partial charge in [-0.05, 0) is 0 Å². The average Bonchev–Trinajstić information content (AvgIpc) is 2.61. The molecule has 0 aromatic carbocycles. The zero-order valence-electron chi connectivity index (χ0n) is 15.3. The predicted octanol–water partition coefficient (Wildman–Crippen LogP) is 5.02. The van der Waals surface area contributed by atoms with Gasteiger partial charge in [0.05, 0.1) is 0 Å². The quantitative estimate of drug-likeness (QED) is 0.470. The molecule has 1 heterocycles. The molecule has 0 N–H and O–H groups in total. The predicted molar refractivity (Wildman–Crippen MR) is 100 cm³/mol. The van der Waals surface area contributed by atoms with Crippen molar-refractivity contribution in [1.82, 2.24) is 4.98 Å². The minimum absolute atomic E-state index is 0.686. The van der Waals surface area contributed by atoms with E-state index in [0.717, 1.165) is 5.88 Å². The molecule has 4 heteroatoms. The van der Waals surface area contributed by atoms with Crippen molar-refractivity contribution in [3.63, 3.8) is 0 Å². The first-order valence-electron chi connectivity index (χ1n) is 9.12. The second-order valence-electron chi connectivity index (χ2n) is 6.48. The molecule has 0 spiro atoms. The Morgan fingerprint density at radius 2 is 1.57 bits per heavy atom. The van der Waals surface area contributed by atoms with Crippen LogP contribution in [-0.2, 0) is 0 Å². The van der Waals surface area contributed by atoms with E-state index < -0.39 is 18.4 Å². The molecule has 1 rings (SSSR count). The van der Waals surface area contributed by atoms with Crippen molar-refractivity contribution in [2.75, 3.05) is 7.11 Å². The molecule has 0 amide bonds. The van der Waals surface area contributed by atoms with Gasteiger partial charge in [0.1, 0.15) is 0 Å². The minimum atomic E-state index is -2.60. The van der Waals surface area contributed by atoms with E-state index in [9.17, 15) is 5.26 Å². The molecule has 0 aliphatic carbocycles. The number of rotatable bonds is 11. The third kappa shape index (κ3) is 5.67. The van der Waals surface area contributed by atoms with Gasteiger partial charge in [0, 0.05) is 0 Å². The monoisotopic (exact) mass is 424 g/mol. The van der Waals surface area contributed by atoms with Crippen molar-refractivity contribution in [3.8, 4) is 11.9 Å². The Hall–Kier alpha value is -0.761. The number of hydrogen-bond donors (Lipinski definition) is 0. The summed E-state index contributed by atoms with van der Waals surface area (Å²) in [5.74, 6) is 0.795. The van der Waals surface area contributed by atoms with Crippen molar-refractivity contribution in [2.24, 2.45) is 0 Å². The molecule has 0 bridgehead atoms. The molecular formula is C19H32N2OSn.